The molecular formula is C18H28N2O4. The van der Waals surface area contributed by atoms with Gasteiger partial charge < -0.3 is 20.9 Å². The van der Waals surface area contributed by atoms with Gasteiger partial charge in [-0.1, -0.05) is 30.3 Å². The number of esters is 2. The van der Waals surface area contributed by atoms with E-state index < -0.39 is 23.5 Å². The van der Waals surface area contributed by atoms with Crippen LogP contribution in [0, 0.1) is 5.92 Å². The van der Waals surface area contributed by atoms with E-state index in [1.165, 1.54) is 0 Å². The molecule has 6 heteroatoms. The van der Waals surface area contributed by atoms with Crippen LogP contribution in [0.1, 0.15) is 39.2 Å². The maximum Gasteiger partial charge on any atom is 0.323 e. The summed E-state index contributed by atoms with van der Waals surface area (Å²) < 4.78 is 10.5. The maximum absolute atomic E-state index is 12.1. The molecule has 0 aliphatic carbocycles. The van der Waals surface area contributed by atoms with Gasteiger partial charge in [-0.25, -0.2) is 0 Å². The SMILES string of the molecule is CC(C)(C)OC(=O)[C@@H](N)CCC(CN)C(=O)OCc1ccccc1. The van der Waals surface area contributed by atoms with Crippen molar-refractivity contribution < 1.29 is 19.1 Å². The summed E-state index contributed by atoms with van der Waals surface area (Å²) in [7, 11) is 0. The molecule has 4 N–H and O–H groups in total. The van der Waals surface area contributed by atoms with Gasteiger partial charge in [0.15, 0.2) is 0 Å². The first kappa shape index (κ1) is 20.1. The average molecular weight is 336 g/mol. The Morgan fingerprint density at radius 1 is 1.08 bits per heavy atom. The highest BCUT2D eigenvalue weighted by Crippen LogP contribution is 2.14. The van der Waals surface area contributed by atoms with Crippen LogP contribution in [-0.2, 0) is 25.7 Å². The molecule has 6 nitrogen and oxygen atoms in total. The summed E-state index contributed by atoms with van der Waals surface area (Å²) in [6, 6.07) is 8.63. The van der Waals surface area contributed by atoms with Crippen LogP contribution < -0.4 is 11.5 Å². The van der Waals surface area contributed by atoms with Crippen molar-refractivity contribution in [2.45, 2.75) is 51.9 Å². The number of carbonyl (C=O) groups is 2. The molecule has 1 aromatic carbocycles. The van der Waals surface area contributed by atoms with Crippen molar-refractivity contribution in [2.24, 2.45) is 17.4 Å². The molecule has 0 bridgehead atoms. The standard InChI is InChI=1S/C18H28N2O4/c1-18(2,3)24-17(22)15(20)10-9-14(11-19)16(21)23-12-13-7-5-4-6-8-13/h4-8,14-15H,9-12,19-20H2,1-3H3/t14?,15-/m0/s1. The van der Waals surface area contributed by atoms with E-state index in [-0.39, 0.29) is 19.1 Å². The minimum atomic E-state index is -0.778. The normalized spacial score (nSPS) is 13.9. The zero-order valence-electron chi connectivity index (χ0n) is 14.7. The lowest BCUT2D eigenvalue weighted by molar-refractivity contribution is -0.157. The van der Waals surface area contributed by atoms with Gasteiger partial charge in [0.05, 0.1) is 5.92 Å². The number of hydrogen-bond acceptors (Lipinski definition) is 6. The van der Waals surface area contributed by atoms with E-state index in [2.05, 4.69) is 0 Å². The molecule has 0 saturated heterocycles. The minimum Gasteiger partial charge on any atom is -0.461 e. The molecule has 1 unspecified atom stereocenters. The second-order valence-electron chi connectivity index (χ2n) is 6.74. The number of benzene rings is 1. The van der Waals surface area contributed by atoms with Crippen molar-refractivity contribution in [3.05, 3.63) is 35.9 Å². The summed E-state index contributed by atoms with van der Waals surface area (Å²) in [6.45, 7) is 5.69. The molecule has 0 radical (unpaired) electrons. The number of ether oxygens (including phenoxy) is 2. The molecule has 0 aliphatic heterocycles. The Kier molecular flexibility index (Phi) is 7.88. The minimum absolute atomic E-state index is 0.147. The largest absolute Gasteiger partial charge is 0.461 e. The van der Waals surface area contributed by atoms with Crippen LogP contribution in [0.4, 0.5) is 0 Å². The molecule has 0 aliphatic rings. The third-order valence-electron chi connectivity index (χ3n) is 3.38. The monoisotopic (exact) mass is 336 g/mol. The van der Waals surface area contributed by atoms with Crippen molar-refractivity contribution in [3.8, 4) is 0 Å². The molecule has 2 atom stereocenters. The lowest BCUT2D eigenvalue weighted by Gasteiger charge is -2.22. The van der Waals surface area contributed by atoms with E-state index in [0.29, 0.717) is 12.8 Å². The number of rotatable bonds is 8. The van der Waals surface area contributed by atoms with Crippen molar-refractivity contribution in [3.63, 3.8) is 0 Å². The average Bonchev–Trinajstić information content (AvgIpc) is 2.52. The first-order valence-electron chi connectivity index (χ1n) is 8.12. The summed E-state index contributed by atoms with van der Waals surface area (Å²) in [6.07, 6.45) is 0.696. The molecule has 0 saturated carbocycles. The fraction of sp³-hybridized carbons (Fsp3) is 0.556. The first-order valence-corrected chi connectivity index (χ1v) is 8.12. The van der Waals surface area contributed by atoms with Gasteiger partial charge in [-0.15, -0.1) is 0 Å². The fourth-order valence-corrected chi connectivity index (χ4v) is 2.05. The van der Waals surface area contributed by atoms with Crippen LogP contribution in [-0.4, -0.2) is 30.1 Å². The van der Waals surface area contributed by atoms with E-state index in [9.17, 15) is 9.59 Å². The molecule has 0 spiro atoms. The van der Waals surface area contributed by atoms with Crippen LogP contribution in [0.3, 0.4) is 0 Å². The van der Waals surface area contributed by atoms with Crippen molar-refractivity contribution in [1.82, 2.24) is 0 Å². The Labute approximate surface area is 143 Å². The van der Waals surface area contributed by atoms with Crippen LogP contribution in [0.25, 0.3) is 0 Å². The zero-order chi connectivity index (χ0) is 18.2. The Morgan fingerprint density at radius 2 is 1.71 bits per heavy atom. The van der Waals surface area contributed by atoms with E-state index in [0.717, 1.165) is 5.56 Å². The molecular weight excluding hydrogens is 308 g/mol. The van der Waals surface area contributed by atoms with Crippen molar-refractivity contribution >= 4 is 11.9 Å². The van der Waals surface area contributed by atoms with Gasteiger partial charge in [0.25, 0.3) is 0 Å². The van der Waals surface area contributed by atoms with Gasteiger partial charge in [0.1, 0.15) is 18.2 Å². The van der Waals surface area contributed by atoms with E-state index >= 15 is 0 Å². The van der Waals surface area contributed by atoms with Gasteiger partial charge >= 0.3 is 11.9 Å². The highest BCUT2D eigenvalue weighted by atomic mass is 16.6. The van der Waals surface area contributed by atoms with E-state index in [4.69, 9.17) is 20.9 Å². The second-order valence-corrected chi connectivity index (χ2v) is 6.74. The molecule has 134 valence electrons. The molecule has 0 fully saturated rings. The Bertz CT molecular complexity index is 526. The Balaban J connectivity index is 2.43. The summed E-state index contributed by atoms with van der Waals surface area (Å²) in [5.74, 6) is -1.34. The quantitative estimate of drug-likeness (QED) is 0.701. The molecule has 1 rings (SSSR count). The molecule has 24 heavy (non-hydrogen) atoms. The van der Waals surface area contributed by atoms with Crippen molar-refractivity contribution in [1.29, 1.82) is 0 Å². The van der Waals surface area contributed by atoms with Gasteiger partial charge in [-0.2, -0.15) is 0 Å². The summed E-state index contributed by atoms with van der Waals surface area (Å²) >= 11 is 0. The Hall–Kier alpha value is -1.92. The Morgan fingerprint density at radius 3 is 2.25 bits per heavy atom. The number of hydrogen-bond donors (Lipinski definition) is 2. The number of nitrogens with two attached hydrogens (primary N) is 2. The zero-order valence-corrected chi connectivity index (χ0v) is 14.7. The molecule has 1 aromatic rings. The third-order valence-corrected chi connectivity index (χ3v) is 3.38. The molecule has 0 heterocycles. The molecule has 0 amide bonds. The van der Waals surface area contributed by atoms with E-state index in [1.807, 2.05) is 30.3 Å². The van der Waals surface area contributed by atoms with Crippen molar-refractivity contribution in [2.75, 3.05) is 6.54 Å². The maximum atomic E-state index is 12.1. The summed E-state index contributed by atoms with van der Waals surface area (Å²) in [5.41, 5.74) is 11.8. The predicted molar refractivity (Wildman–Crippen MR) is 91.8 cm³/mol. The van der Waals surface area contributed by atoms with E-state index in [1.54, 1.807) is 20.8 Å². The summed E-state index contributed by atoms with van der Waals surface area (Å²) in [4.78, 5) is 23.9. The van der Waals surface area contributed by atoms with Crippen LogP contribution in [0.2, 0.25) is 0 Å². The lowest BCUT2D eigenvalue weighted by atomic mass is 10.00. The first-order chi connectivity index (χ1) is 11.2. The lowest BCUT2D eigenvalue weighted by Crippen LogP contribution is -2.38. The predicted octanol–water partition coefficient (Wildman–Crippen LogP) is 1.75. The number of carbonyl (C=O) groups excluding carboxylic acids is 2. The smallest absolute Gasteiger partial charge is 0.323 e. The topological polar surface area (TPSA) is 105 Å². The second kappa shape index (κ2) is 9.39. The third kappa shape index (κ3) is 7.57. The van der Waals surface area contributed by atoms with Gasteiger partial charge in [-0.3, -0.25) is 9.59 Å². The van der Waals surface area contributed by atoms with Crippen LogP contribution in [0.15, 0.2) is 30.3 Å². The molecule has 0 aromatic heterocycles. The van der Waals surface area contributed by atoms with Crippen LogP contribution in [0.5, 0.6) is 0 Å². The highest BCUT2D eigenvalue weighted by molar-refractivity contribution is 5.76. The van der Waals surface area contributed by atoms with Gasteiger partial charge in [0, 0.05) is 6.54 Å². The van der Waals surface area contributed by atoms with Crippen LogP contribution >= 0.6 is 0 Å². The summed E-state index contributed by atoms with van der Waals surface area (Å²) in [5, 5.41) is 0. The highest BCUT2D eigenvalue weighted by Gasteiger charge is 2.25. The fourth-order valence-electron chi connectivity index (χ4n) is 2.05. The van der Waals surface area contributed by atoms with Gasteiger partial charge in [0.2, 0.25) is 0 Å². The van der Waals surface area contributed by atoms with Gasteiger partial charge in [-0.05, 0) is 39.2 Å².